The van der Waals surface area contributed by atoms with Crippen molar-refractivity contribution in [3.63, 3.8) is 0 Å². The third-order valence-electron chi connectivity index (χ3n) is 5.41. The molecule has 0 bridgehead atoms. The number of nitrogens with zero attached hydrogens (tertiary/aromatic N) is 4. The van der Waals surface area contributed by atoms with Gasteiger partial charge in [-0.1, -0.05) is 60.9 Å². The topological polar surface area (TPSA) is 74.6 Å². The monoisotopic (exact) mass is 440 g/mol. The number of fused-ring (bicyclic) bond motifs is 1. The van der Waals surface area contributed by atoms with Crippen molar-refractivity contribution >= 4 is 33.2 Å². The summed E-state index contributed by atoms with van der Waals surface area (Å²) in [6, 6.07) is 10.5. The molecule has 166 valence electrons. The van der Waals surface area contributed by atoms with E-state index in [2.05, 4.69) is 43.5 Å². The summed E-state index contributed by atoms with van der Waals surface area (Å²) in [6.45, 7) is 6.66. The first-order valence-electron chi connectivity index (χ1n) is 11.0. The summed E-state index contributed by atoms with van der Waals surface area (Å²) in [5.74, 6) is 0.927. The maximum Gasteiger partial charge on any atom is 0.239 e. The third kappa shape index (κ3) is 5.18. The Morgan fingerprint density at radius 2 is 1.90 bits per heavy atom. The summed E-state index contributed by atoms with van der Waals surface area (Å²) >= 11 is 1.50. The number of hydrogen-bond donors (Lipinski definition) is 2. The van der Waals surface area contributed by atoms with E-state index in [1.54, 1.807) is 0 Å². The minimum atomic E-state index is -0.144. The number of hydrogen-bond acceptors (Lipinski definition) is 6. The van der Waals surface area contributed by atoms with E-state index >= 15 is 0 Å². The van der Waals surface area contributed by atoms with Gasteiger partial charge in [-0.25, -0.2) is 4.98 Å². The molecule has 4 rings (SSSR count). The minimum Gasteiger partial charge on any atom is -0.364 e. The van der Waals surface area contributed by atoms with Crippen molar-refractivity contribution in [3.8, 4) is 11.3 Å². The Morgan fingerprint density at radius 3 is 2.58 bits per heavy atom. The predicted octanol–water partition coefficient (Wildman–Crippen LogP) is 4.55. The summed E-state index contributed by atoms with van der Waals surface area (Å²) < 4.78 is 1.86. The molecule has 1 amide bonds. The van der Waals surface area contributed by atoms with Crippen LogP contribution in [-0.2, 0) is 4.79 Å². The number of nitrogens with one attached hydrogen (secondary N) is 2. The molecule has 7 nitrogen and oxygen atoms in total. The highest BCUT2D eigenvalue weighted by atomic mass is 32.1. The highest BCUT2D eigenvalue weighted by Crippen LogP contribution is 2.34. The summed E-state index contributed by atoms with van der Waals surface area (Å²) in [5.41, 5.74) is 1.79. The van der Waals surface area contributed by atoms with Gasteiger partial charge in [0.05, 0.1) is 6.54 Å². The van der Waals surface area contributed by atoms with Gasteiger partial charge in [0.15, 0.2) is 5.82 Å². The fourth-order valence-electron chi connectivity index (χ4n) is 3.96. The molecular formula is C23H32N6OS. The predicted molar refractivity (Wildman–Crippen MR) is 128 cm³/mol. The third-order valence-corrected chi connectivity index (χ3v) is 6.43. The van der Waals surface area contributed by atoms with Crippen LogP contribution in [-0.4, -0.2) is 45.7 Å². The van der Waals surface area contributed by atoms with E-state index in [-0.39, 0.29) is 11.4 Å². The van der Waals surface area contributed by atoms with Crippen LogP contribution in [0.1, 0.15) is 52.9 Å². The van der Waals surface area contributed by atoms with E-state index in [1.807, 2.05) is 34.7 Å². The van der Waals surface area contributed by atoms with Crippen molar-refractivity contribution in [2.45, 2.75) is 64.5 Å². The van der Waals surface area contributed by atoms with Gasteiger partial charge in [-0.3, -0.25) is 4.79 Å². The lowest BCUT2D eigenvalue weighted by atomic mass is 9.95. The van der Waals surface area contributed by atoms with Crippen LogP contribution >= 0.6 is 11.3 Å². The Hall–Kier alpha value is -2.61. The number of rotatable bonds is 6. The van der Waals surface area contributed by atoms with Crippen molar-refractivity contribution < 1.29 is 4.79 Å². The van der Waals surface area contributed by atoms with Gasteiger partial charge in [0.1, 0.15) is 5.69 Å². The van der Waals surface area contributed by atoms with Crippen molar-refractivity contribution in [1.29, 1.82) is 0 Å². The molecule has 1 aliphatic rings. The number of carbonyl (C=O) groups is 1. The summed E-state index contributed by atoms with van der Waals surface area (Å²) in [6.07, 6.45) is 5.87. The van der Waals surface area contributed by atoms with E-state index in [9.17, 15) is 4.79 Å². The molecule has 0 aliphatic heterocycles. The fraction of sp³-hybridized carbons (Fsp3) is 0.522. The Bertz CT molecular complexity index is 1030. The zero-order valence-electron chi connectivity index (χ0n) is 18.8. The zero-order chi connectivity index (χ0) is 22.0. The van der Waals surface area contributed by atoms with Crippen molar-refractivity contribution in [1.82, 2.24) is 19.9 Å². The second-order valence-corrected chi connectivity index (χ2v) is 10.3. The Morgan fingerprint density at radius 1 is 1.19 bits per heavy atom. The molecule has 0 radical (unpaired) electrons. The molecule has 0 atom stereocenters. The van der Waals surface area contributed by atoms with Gasteiger partial charge in [0.2, 0.25) is 16.0 Å². The average Bonchev–Trinajstić information content (AvgIpc) is 3.28. The number of carbonyl (C=O) groups excluding carboxylic acids is 1. The molecule has 0 unspecified atom stereocenters. The Kier molecular flexibility index (Phi) is 6.18. The van der Waals surface area contributed by atoms with Crippen molar-refractivity contribution in [2.75, 3.05) is 23.8 Å². The van der Waals surface area contributed by atoms with Crippen molar-refractivity contribution in [2.24, 2.45) is 0 Å². The molecule has 2 heterocycles. The van der Waals surface area contributed by atoms with E-state index in [0.717, 1.165) is 40.0 Å². The summed E-state index contributed by atoms with van der Waals surface area (Å²) in [7, 11) is 1.91. The lowest BCUT2D eigenvalue weighted by Gasteiger charge is -2.24. The SMILES string of the molecule is CN(CC(=O)NC1CCCCC1)c1nn2c(NC(C)(C)C)c(-c3ccccc3)nc2s1. The van der Waals surface area contributed by atoms with Crippen LogP contribution in [0, 0.1) is 0 Å². The highest BCUT2D eigenvalue weighted by Gasteiger charge is 2.24. The van der Waals surface area contributed by atoms with Crippen molar-refractivity contribution in [3.05, 3.63) is 30.3 Å². The highest BCUT2D eigenvalue weighted by molar-refractivity contribution is 7.20. The molecule has 3 aromatic rings. The molecule has 2 N–H and O–H groups in total. The van der Waals surface area contributed by atoms with Crippen LogP contribution in [0.5, 0.6) is 0 Å². The molecule has 1 aromatic carbocycles. The molecule has 1 aliphatic carbocycles. The number of benzene rings is 1. The molecule has 0 spiro atoms. The first-order chi connectivity index (χ1) is 14.8. The maximum atomic E-state index is 12.5. The van der Waals surface area contributed by atoms with Crippen LogP contribution in [0.2, 0.25) is 0 Å². The maximum absolute atomic E-state index is 12.5. The standard InChI is InChI=1S/C23H32N6OS/c1-23(2,3)26-20-19(16-11-7-5-8-12-16)25-21-29(20)27-22(31-21)28(4)15-18(30)24-17-13-9-6-10-14-17/h5,7-8,11-12,17,26H,6,9-10,13-15H2,1-4H3,(H,24,30). The first-order valence-corrected chi connectivity index (χ1v) is 11.9. The number of aromatic nitrogens is 3. The van der Waals surface area contributed by atoms with Gasteiger partial charge in [0.25, 0.3) is 0 Å². The van der Waals surface area contributed by atoms with Gasteiger partial charge < -0.3 is 15.5 Å². The van der Waals surface area contributed by atoms with E-state index in [4.69, 9.17) is 10.1 Å². The lowest BCUT2D eigenvalue weighted by Crippen LogP contribution is -2.41. The first kappa shape index (κ1) is 21.6. The summed E-state index contributed by atoms with van der Waals surface area (Å²) in [5, 5.41) is 12.3. The molecule has 1 saturated carbocycles. The molecule has 31 heavy (non-hydrogen) atoms. The van der Waals surface area contributed by atoms with Gasteiger partial charge in [0, 0.05) is 24.2 Å². The van der Waals surface area contributed by atoms with Crippen LogP contribution in [0.3, 0.4) is 0 Å². The minimum absolute atomic E-state index is 0.0558. The molecular weight excluding hydrogens is 408 g/mol. The smallest absolute Gasteiger partial charge is 0.239 e. The number of likely N-dealkylation sites (N-methyl/N-ethyl adjacent to an activating group) is 1. The van der Waals surface area contributed by atoms with E-state index in [1.165, 1.54) is 30.6 Å². The van der Waals surface area contributed by atoms with E-state index < -0.39 is 0 Å². The molecule has 0 saturated heterocycles. The number of amides is 1. The fourth-order valence-corrected chi connectivity index (χ4v) is 4.82. The molecule has 2 aromatic heterocycles. The second-order valence-electron chi connectivity index (χ2n) is 9.39. The zero-order valence-corrected chi connectivity index (χ0v) is 19.6. The average molecular weight is 441 g/mol. The van der Waals surface area contributed by atoms with Gasteiger partial charge in [-0.05, 0) is 33.6 Å². The van der Waals surface area contributed by atoms with Crippen LogP contribution < -0.4 is 15.5 Å². The Balaban J connectivity index is 1.56. The van der Waals surface area contributed by atoms with Crippen LogP contribution in [0.25, 0.3) is 16.2 Å². The lowest BCUT2D eigenvalue weighted by molar-refractivity contribution is -0.120. The molecule has 8 heteroatoms. The summed E-state index contributed by atoms with van der Waals surface area (Å²) in [4.78, 5) is 20.1. The van der Waals surface area contributed by atoms with Crippen LogP contribution in [0.15, 0.2) is 30.3 Å². The normalized spacial score (nSPS) is 15.2. The van der Waals surface area contributed by atoms with E-state index in [0.29, 0.717) is 12.6 Å². The van der Waals surface area contributed by atoms with Crippen LogP contribution in [0.4, 0.5) is 10.9 Å². The number of imidazole rings is 1. The Labute approximate surface area is 187 Å². The molecule has 1 fully saturated rings. The largest absolute Gasteiger partial charge is 0.364 e. The van der Waals surface area contributed by atoms with Gasteiger partial charge in [-0.15, -0.1) is 5.10 Å². The van der Waals surface area contributed by atoms with Gasteiger partial charge >= 0.3 is 0 Å². The second kappa shape index (κ2) is 8.86. The number of anilines is 2. The van der Waals surface area contributed by atoms with Gasteiger partial charge in [-0.2, -0.15) is 4.52 Å². The quantitative estimate of drug-likeness (QED) is 0.588.